The highest BCUT2D eigenvalue weighted by atomic mass is 14.2. The van der Waals surface area contributed by atoms with E-state index < -0.39 is 0 Å². The first-order valence-corrected chi connectivity index (χ1v) is 24.0. The van der Waals surface area contributed by atoms with Crippen molar-refractivity contribution in [2.24, 2.45) is 17.3 Å². The summed E-state index contributed by atoms with van der Waals surface area (Å²) < 4.78 is 0. The van der Waals surface area contributed by atoms with Gasteiger partial charge in [-0.1, -0.05) is 230 Å². The van der Waals surface area contributed by atoms with Crippen LogP contribution in [0.1, 0.15) is 222 Å². The van der Waals surface area contributed by atoms with Gasteiger partial charge in [0, 0.05) is 0 Å². The average Bonchev–Trinajstić information content (AvgIpc) is 3.77. The highest BCUT2D eigenvalue weighted by Crippen LogP contribution is 2.32. The van der Waals surface area contributed by atoms with Crippen molar-refractivity contribution in [3.63, 3.8) is 0 Å². The second-order valence-electron chi connectivity index (χ2n) is 17.3. The van der Waals surface area contributed by atoms with Gasteiger partial charge < -0.3 is 0 Å². The van der Waals surface area contributed by atoms with Gasteiger partial charge in [0.25, 0.3) is 0 Å². The molecule has 0 bridgehead atoms. The van der Waals surface area contributed by atoms with Gasteiger partial charge in [-0.2, -0.15) is 0 Å². The molecule has 2 aromatic rings. The molecular weight excluding hydrogens is 709 g/mol. The molecule has 4 rings (SSSR count). The number of allylic oxidation sites excluding steroid dienone is 7. The topological polar surface area (TPSA) is 0 Å². The first-order valence-electron chi connectivity index (χ1n) is 24.0. The zero-order valence-corrected chi connectivity index (χ0v) is 42.7. The summed E-state index contributed by atoms with van der Waals surface area (Å²) in [4.78, 5) is 0. The molecule has 1 fully saturated rings. The number of hydrogen-bond acceptors (Lipinski definition) is 0. The van der Waals surface area contributed by atoms with Crippen molar-refractivity contribution in [3.8, 4) is 0 Å². The fraction of sp³-hybridized carbons (Fsp3) is 0.593. The van der Waals surface area contributed by atoms with Crippen molar-refractivity contribution in [3.05, 3.63) is 139 Å². The van der Waals surface area contributed by atoms with Gasteiger partial charge in [-0.15, -0.1) is 19.7 Å². The van der Waals surface area contributed by atoms with Crippen LogP contribution < -0.4 is 0 Å². The number of unbranched alkanes of at least 4 members (excludes halogenated alkanes) is 3. The first kappa shape index (κ1) is 62.5. The minimum absolute atomic E-state index is 0.306. The van der Waals surface area contributed by atoms with Crippen LogP contribution in [0.25, 0.3) is 5.57 Å². The van der Waals surface area contributed by atoms with Gasteiger partial charge in [-0.3, -0.25) is 0 Å². The number of hydrogen-bond donors (Lipinski definition) is 0. The molecule has 0 heteroatoms. The van der Waals surface area contributed by atoms with E-state index in [1.165, 1.54) is 122 Å². The van der Waals surface area contributed by atoms with Gasteiger partial charge in [0.2, 0.25) is 0 Å². The maximum absolute atomic E-state index is 4.17. The normalized spacial score (nSPS) is 14.2. The Balaban J connectivity index is -0.000000330. The lowest BCUT2D eigenvalue weighted by molar-refractivity contribution is 0.460. The Hall–Kier alpha value is -3.12. The first-order chi connectivity index (χ1) is 28.0. The highest BCUT2D eigenvalue weighted by molar-refractivity contribution is 5.63. The van der Waals surface area contributed by atoms with Crippen LogP contribution in [0.2, 0.25) is 0 Å². The Labute approximate surface area is 373 Å². The highest BCUT2D eigenvalue weighted by Gasteiger charge is 2.16. The van der Waals surface area contributed by atoms with E-state index in [2.05, 4.69) is 183 Å². The molecule has 0 saturated heterocycles. The summed E-state index contributed by atoms with van der Waals surface area (Å²) in [6.07, 6.45) is 26.5. The summed E-state index contributed by atoms with van der Waals surface area (Å²) in [5, 5.41) is 0. The van der Waals surface area contributed by atoms with Crippen LogP contribution in [0.5, 0.6) is 0 Å². The molecule has 338 valence electrons. The Kier molecular flexibility index (Phi) is 44.1. The van der Waals surface area contributed by atoms with Crippen LogP contribution in [0.15, 0.2) is 116 Å². The number of benzene rings is 2. The fourth-order valence-corrected chi connectivity index (χ4v) is 5.92. The molecule has 2 aliphatic rings. The van der Waals surface area contributed by atoms with E-state index in [4.69, 9.17) is 0 Å². The molecule has 1 saturated carbocycles. The van der Waals surface area contributed by atoms with E-state index in [0.717, 1.165) is 37.0 Å². The third-order valence-corrected chi connectivity index (χ3v) is 10.7. The molecule has 0 nitrogen and oxygen atoms in total. The van der Waals surface area contributed by atoms with Crippen LogP contribution in [0.3, 0.4) is 0 Å². The van der Waals surface area contributed by atoms with Crippen molar-refractivity contribution in [2.45, 2.75) is 213 Å². The third kappa shape index (κ3) is 37.6. The summed E-state index contributed by atoms with van der Waals surface area (Å²) in [6.45, 7) is 52.1. The maximum Gasteiger partial charge on any atom is -0.0178 e. The smallest absolute Gasteiger partial charge is 0.0178 e. The molecule has 0 radical (unpaired) electrons. The quantitative estimate of drug-likeness (QED) is 0.140. The predicted molar refractivity (Wildman–Crippen MR) is 279 cm³/mol. The lowest BCUT2D eigenvalue weighted by Gasteiger charge is -2.16. The summed E-state index contributed by atoms with van der Waals surface area (Å²) >= 11 is 0. The maximum atomic E-state index is 4.17. The largest absolute Gasteiger partial charge is 0.106 e. The second-order valence-corrected chi connectivity index (χ2v) is 17.3. The van der Waals surface area contributed by atoms with E-state index in [1.807, 2.05) is 27.7 Å². The average molecular weight is 811 g/mol. The Morgan fingerprint density at radius 2 is 1.24 bits per heavy atom. The predicted octanol–water partition coefficient (Wildman–Crippen LogP) is 20.7. The molecule has 59 heavy (non-hydrogen) atoms. The molecule has 2 atom stereocenters. The lowest BCUT2D eigenvalue weighted by Crippen LogP contribution is -2.04. The summed E-state index contributed by atoms with van der Waals surface area (Å²) in [6, 6.07) is 17.9. The second kappa shape index (κ2) is 41.6. The Morgan fingerprint density at radius 1 is 0.746 bits per heavy atom. The van der Waals surface area contributed by atoms with Crippen molar-refractivity contribution >= 4 is 5.57 Å². The lowest BCUT2D eigenvalue weighted by atomic mass is 9.89. The van der Waals surface area contributed by atoms with E-state index in [0.29, 0.717) is 5.41 Å². The fourth-order valence-electron chi connectivity index (χ4n) is 5.92. The van der Waals surface area contributed by atoms with Gasteiger partial charge in [0.05, 0.1) is 0 Å². The van der Waals surface area contributed by atoms with Gasteiger partial charge >= 0.3 is 0 Å². The van der Waals surface area contributed by atoms with Crippen LogP contribution >= 0.6 is 0 Å². The summed E-state index contributed by atoms with van der Waals surface area (Å²) in [5.41, 5.74) is 11.1. The molecule has 2 aliphatic carbocycles. The zero-order valence-electron chi connectivity index (χ0n) is 42.7. The minimum Gasteiger partial charge on any atom is -0.106 e. The minimum atomic E-state index is 0.306. The van der Waals surface area contributed by atoms with E-state index in [-0.39, 0.29) is 0 Å². The molecule has 0 heterocycles. The van der Waals surface area contributed by atoms with E-state index >= 15 is 0 Å². The van der Waals surface area contributed by atoms with Gasteiger partial charge in [-0.05, 0) is 124 Å². The monoisotopic (exact) mass is 811 g/mol. The van der Waals surface area contributed by atoms with Crippen LogP contribution in [0, 0.1) is 24.2 Å². The Bertz CT molecular complexity index is 1310. The SMILES string of the molecule is C=C.C=C(C)C(C)(C)C.C=C(C)CCCCC(=C)c1ccc(CC)cc1.CC.CC.CC1=CCC(C)C=C1.CCCCC.Cc1ccc(C(C)CCC2CCCC2)cc1. The molecule has 0 spiro atoms. The van der Waals surface area contributed by atoms with Gasteiger partial charge in [0.1, 0.15) is 0 Å². The number of rotatable bonds is 13. The third-order valence-electron chi connectivity index (χ3n) is 10.7. The van der Waals surface area contributed by atoms with Gasteiger partial charge in [0.15, 0.2) is 0 Å². The van der Waals surface area contributed by atoms with Crippen molar-refractivity contribution in [1.82, 2.24) is 0 Å². The van der Waals surface area contributed by atoms with Crippen molar-refractivity contribution < 1.29 is 0 Å². The molecule has 0 N–H and O–H groups in total. The van der Waals surface area contributed by atoms with Crippen LogP contribution in [0.4, 0.5) is 0 Å². The van der Waals surface area contributed by atoms with E-state index in [9.17, 15) is 0 Å². The zero-order chi connectivity index (χ0) is 46.2. The van der Waals surface area contributed by atoms with E-state index in [1.54, 1.807) is 0 Å². The molecule has 0 aromatic heterocycles. The molecule has 2 unspecified atom stereocenters. The van der Waals surface area contributed by atoms with Crippen molar-refractivity contribution in [2.75, 3.05) is 0 Å². The molecular formula is C59H102. The summed E-state index contributed by atoms with van der Waals surface area (Å²) in [5.74, 6) is 2.53. The van der Waals surface area contributed by atoms with Crippen molar-refractivity contribution in [1.29, 1.82) is 0 Å². The van der Waals surface area contributed by atoms with Gasteiger partial charge in [-0.25, -0.2) is 0 Å². The molecule has 0 amide bonds. The summed E-state index contributed by atoms with van der Waals surface area (Å²) in [7, 11) is 0. The van der Waals surface area contributed by atoms with Crippen LogP contribution in [-0.2, 0) is 6.42 Å². The van der Waals surface area contributed by atoms with Crippen LogP contribution in [-0.4, -0.2) is 0 Å². The standard InChI is InChI=1S/C17H24.C16H24.C8H12.C7H14.C5H12.2C2H6.C2H4/c1-5-16-10-12-17(13-11-16)15(4)9-7-6-8-14(2)3;1-13-7-11-16(12-8-13)14(2)9-10-15-5-3-4-6-15;1-7-3-5-8(2)6-4-7;1-6(2)7(3,4)5;1-3-5-4-2;3*1-2/h10-13H,2,4-9H2,1,3H3;7-8,11-12,14-15H,3-6,9-10H2,1-2H3;3-5,8H,6H2,1-2H3;1H2,2-5H3;3-5H2,1-2H3;2*1-2H3;1-2H2. The number of aryl methyl sites for hydroxylation is 2. The molecule has 2 aromatic carbocycles. The Morgan fingerprint density at radius 3 is 1.61 bits per heavy atom. The molecule has 0 aliphatic heterocycles.